The van der Waals surface area contributed by atoms with E-state index in [0.717, 1.165) is 0 Å². The highest BCUT2D eigenvalue weighted by Crippen LogP contribution is 2.32. The van der Waals surface area contributed by atoms with E-state index in [4.69, 9.17) is 18.9 Å². The molecule has 3 aromatic rings. The maximum absolute atomic E-state index is 13.6. The molecule has 1 unspecified atom stereocenters. The number of hydrogen-bond acceptors (Lipinski definition) is 9. The Morgan fingerprint density at radius 1 is 1.03 bits per heavy atom. The molecule has 0 amide bonds. The van der Waals surface area contributed by atoms with Crippen LogP contribution in [-0.2, 0) is 14.3 Å². The lowest BCUT2D eigenvalue weighted by Crippen LogP contribution is -2.39. The van der Waals surface area contributed by atoms with Gasteiger partial charge < -0.3 is 18.9 Å². The molecular weight excluding hydrogens is 484 g/mol. The summed E-state index contributed by atoms with van der Waals surface area (Å²) in [7, 11) is 4.33. The Morgan fingerprint density at radius 2 is 1.75 bits per heavy atom. The number of methoxy groups -OCH3 is 3. The first-order valence-electron chi connectivity index (χ1n) is 10.9. The monoisotopic (exact) mass is 508 g/mol. The van der Waals surface area contributed by atoms with Crippen molar-refractivity contribution < 1.29 is 28.5 Å². The van der Waals surface area contributed by atoms with Crippen molar-refractivity contribution in [1.29, 1.82) is 0 Å². The zero-order valence-corrected chi connectivity index (χ0v) is 21.2. The highest BCUT2D eigenvalue weighted by Gasteiger charge is 2.33. The van der Waals surface area contributed by atoms with Crippen LogP contribution in [0.15, 0.2) is 63.5 Å². The lowest BCUT2D eigenvalue weighted by Gasteiger charge is -2.24. The maximum atomic E-state index is 13.6. The van der Waals surface area contributed by atoms with Gasteiger partial charge >= 0.3 is 11.9 Å². The van der Waals surface area contributed by atoms with Crippen molar-refractivity contribution in [2.45, 2.75) is 19.9 Å². The number of allylic oxidation sites excluding steroid dienone is 1. The van der Waals surface area contributed by atoms with Gasteiger partial charge in [-0.1, -0.05) is 29.5 Å². The van der Waals surface area contributed by atoms with Gasteiger partial charge in [-0.2, -0.15) is 0 Å². The Hall–Kier alpha value is -4.18. The number of rotatable bonds is 6. The predicted octanol–water partition coefficient (Wildman–Crippen LogP) is 2.35. The third-order valence-electron chi connectivity index (χ3n) is 5.60. The van der Waals surface area contributed by atoms with Crippen LogP contribution in [0.1, 0.15) is 31.0 Å². The summed E-state index contributed by atoms with van der Waals surface area (Å²) >= 11 is 1.21. The number of carbonyl (C=O) groups is 2. The number of benzene rings is 2. The molecule has 0 spiro atoms. The van der Waals surface area contributed by atoms with Crippen LogP contribution in [0.5, 0.6) is 17.2 Å². The predicted molar refractivity (Wildman–Crippen MR) is 133 cm³/mol. The molecule has 4 rings (SSSR count). The van der Waals surface area contributed by atoms with E-state index in [9.17, 15) is 14.4 Å². The highest BCUT2D eigenvalue weighted by atomic mass is 32.1. The zero-order valence-electron chi connectivity index (χ0n) is 20.4. The molecule has 0 saturated heterocycles. The molecule has 10 heteroatoms. The molecule has 1 aromatic heterocycles. The standard InChI is InChI=1S/C26H24N2O7S/c1-14-22(25(31)34-5)23(17-7-9-18(32-3)10-8-17)28-24(30)21(36-26(28)27-14)13-16-6-11-19(35-15(2)29)20(12-16)33-4/h6-13,23H,1-5H3/b21-13-. The van der Waals surface area contributed by atoms with Crippen LogP contribution < -0.4 is 29.1 Å². The molecule has 0 saturated carbocycles. The van der Waals surface area contributed by atoms with Crippen molar-refractivity contribution in [3.8, 4) is 17.2 Å². The average molecular weight is 509 g/mol. The van der Waals surface area contributed by atoms with Crippen LogP contribution >= 0.6 is 11.3 Å². The molecule has 0 fully saturated rings. The second-order valence-corrected chi connectivity index (χ2v) is 8.86. The van der Waals surface area contributed by atoms with Gasteiger partial charge in [0.05, 0.1) is 43.2 Å². The summed E-state index contributed by atoms with van der Waals surface area (Å²) in [4.78, 5) is 42.7. The second kappa shape index (κ2) is 10.2. The summed E-state index contributed by atoms with van der Waals surface area (Å²) in [5, 5.41) is 0. The first-order chi connectivity index (χ1) is 17.3. The fourth-order valence-electron chi connectivity index (χ4n) is 3.96. The first-order valence-corrected chi connectivity index (χ1v) is 11.7. The Labute approximate surface area is 210 Å². The van der Waals surface area contributed by atoms with E-state index in [1.807, 2.05) is 0 Å². The van der Waals surface area contributed by atoms with Crippen LogP contribution in [0.25, 0.3) is 6.08 Å². The van der Waals surface area contributed by atoms with E-state index in [-0.39, 0.29) is 16.9 Å². The van der Waals surface area contributed by atoms with Gasteiger partial charge in [0.1, 0.15) is 5.75 Å². The van der Waals surface area contributed by atoms with Crippen molar-refractivity contribution in [1.82, 2.24) is 4.57 Å². The molecule has 1 aliphatic heterocycles. The molecule has 186 valence electrons. The van der Waals surface area contributed by atoms with Crippen LogP contribution in [0.3, 0.4) is 0 Å². The van der Waals surface area contributed by atoms with Crippen LogP contribution in [0.2, 0.25) is 0 Å². The normalized spacial score (nSPS) is 15.1. The molecule has 2 heterocycles. The fraction of sp³-hybridized carbons (Fsp3) is 0.231. The molecule has 0 bridgehead atoms. The summed E-state index contributed by atoms with van der Waals surface area (Å²) in [5.74, 6) is 0.257. The van der Waals surface area contributed by atoms with Crippen molar-refractivity contribution in [3.63, 3.8) is 0 Å². The Kier molecular flexibility index (Phi) is 7.07. The molecule has 9 nitrogen and oxygen atoms in total. The van der Waals surface area contributed by atoms with Gasteiger partial charge in [-0.3, -0.25) is 14.2 Å². The van der Waals surface area contributed by atoms with Gasteiger partial charge in [-0.25, -0.2) is 9.79 Å². The van der Waals surface area contributed by atoms with Gasteiger partial charge in [-0.05, 0) is 48.4 Å². The van der Waals surface area contributed by atoms with E-state index in [2.05, 4.69) is 4.99 Å². The minimum absolute atomic E-state index is 0.279. The minimum Gasteiger partial charge on any atom is -0.497 e. The van der Waals surface area contributed by atoms with Crippen LogP contribution in [0.4, 0.5) is 0 Å². The van der Waals surface area contributed by atoms with Crippen molar-refractivity contribution in [2.24, 2.45) is 4.99 Å². The lowest BCUT2D eigenvalue weighted by atomic mass is 9.96. The Balaban J connectivity index is 1.89. The van der Waals surface area contributed by atoms with E-state index in [1.54, 1.807) is 62.6 Å². The highest BCUT2D eigenvalue weighted by molar-refractivity contribution is 7.07. The smallest absolute Gasteiger partial charge is 0.338 e. The van der Waals surface area contributed by atoms with Gasteiger partial charge in [0.25, 0.3) is 5.56 Å². The van der Waals surface area contributed by atoms with Gasteiger partial charge in [-0.15, -0.1) is 0 Å². The average Bonchev–Trinajstić information content (AvgIpc) is 3.17. The van der Waals surface area contributed by atoms with Gasteiger partial charge in [0.2, 0.25) is 0 Å². The molecule has 1 atom stereocenters. The van der Waals surface area contributed by atoms with E-state index in [1.165, 1.54) is 37.0 Å². The minimum atomic E-state index is -0.720. The van der Waals surface area contributed by atoms with Crippen LogP contribution in [0, 0.1) is 0 Å². The third-order valence-corrected chi connectivity index (χ3v) is 6.58. The second-order valence-electron chi connectivity index (χ2n) is 7.85. The number of nitrogens with zero attached hydrogens (tertiary/aromatic N) is 2. The topological polar surface area (TPSA) is 105 Å². The first kappa shape index (κ1) is 24.9. The van der Waals surface area contributed by atoms with Crippen molar-refractivity contribution in [2.75, 3.05) is 21.3 Å². The third kappa shape index (κ3) is 4.67. The molecule has 0 radical (unpaired) electrons. The van der Waals surface area contributed by atoms with Gasteiger partial charge in [0.15, 0.2) is 16.3 Å². The molecular formula is C26H24N2O7S. The number of aromatic nitrogens is 1. The summed E-state index contributed by atoms with van der Waals surface area (Å²) in [6.45, 7) is 3.02. The molecule has 1 aliphatic rings. The number of hydrogen-bond donors (Lipinski definition) is 0. The number of esters is 2. The zero-order chi connectivity index (χ0) is 26.0. The van der Waals surface area contributed by atoms with Crippen LogP contribution in [-0.4, -0.2) is 37.8 Å². The quantitative estimate of drug-likeness (QED) is 0.372. The number of fused-ring (bicyclic) bond motifs is 1. The summed E-state index contributed by atoms with van der Waals surface area (Å²) in [6.07, 6.45) is 1.70. The molecule has 36 heavy (non-hydrogen) atoms. The SMILES string of the molecule is COC(=O)C1=C(C)N=c2s/c(=C\c3ccc(OC(C)=O)c(OC)c3)c(=O)n2C1c1ccc(OC)cc1. The summed E-state index contributed by atoms with van der Waals surface area (Å²) in [6, 6.07) is 11.4. The van der Waals surface area contributed by atoms with Crippen molar-refractivity contribution >= 4 is 29.4 Å². The number of carbonyl (C=O) groups excluding carboxylic acids is 2. The number of ether oxygens (including phenoxy) is 4. The van der Waals surface area contributed by atoms with Gasteiger partial charge in [0, 0.05) is 6.92 Å². The molecule has 0 aliphatic carbocycles. The number of thiazole rings is 1. The lowest BCUT2D eigenvalue weighted by molar-refractivity contribution is -0.136. The largest absolute Gasteiger partial charge is 0.497 e. The Bertz CT molecular complexity index is 1550. The summed E-state index contributed by atoms with van der Waals surface area (Å²) in [5.41, 5.74) is 1.83. The van der Waals surface area contributed by atoms with E-state index >= 15 is 0 Å². The fourth-order valence-corrected chi connectivity index (χ4v) is 5.01. The van der Waals surface area contributed by atoms with E-state index in [0.29, 0.717) is 37.7 Å². The Morgan fingerprint density at radius 3 is 2.36 bits per heavy atom. The summed E-state index contributed by atoms with van der Waals surface area (Å²) < 4.78 is 22.7. The van der Waals surface area contributed by atoms with E-state index < -0.39 is 18.0 Å². The maximum Gasteiger partial charge on any atom is 0.338 e. The molecule has 2 aromatic carbocycles. The van der Waals surface area contributed by atoms with Crippen molar-refractivity contribution in [3.05, 3.63) is 84.5 Å². The molecule has 0 N–H and O–H groups in total.